The Morgan fingerprint density at radius 3 is 2.85 bits per heavy atom. The quantitative estimate of drug-likeness (QED) is 0.661. The van der Waals surface area contributed by atoms with Gasteiger partial charge < -0.3 is 20.3 Å². The van der Waals surface area contributed by atoms with Crippen molar-refractivity contribution >= 4 is 16.9 Å². The molecule has 0 bridgehead atoms. The highest BCUT2D eigenvalue weighted by molar-refractivity contribution is 5.78. The summed E-state index contributed by atoms with van der Waals surface area (Å²) >= 11 is 0. The number of phenolic OH excluding ortho intramolecular Hbond substituents is 1. The van der Waals surface area contributed by atoms with Crippen molar-refractivity contribution in [3.63, 3.8) is 0 Å². The molecule has 2 heterocycles. The predicted octanol–water partition coefficient (Wildman–Crippen LogP) is 2.51. The van der Waals surface area contributed by atoms with E-state index in [4.69, 9.17) is 0 Å². The number of rotatable bonds is 4. The van der Waals surface area contributed by atoms with E-state index in [-0.39, 0.29) is 23.5 Å². The van der Waals surface area contributed by atoms with E-state index in [9.17, 15) is 14.3 Å². The third kappa shape index (κ3) is 3.78. The largest absolute Gasteiger partial charge is 0.508 e. The number of nitrogens with one attached hydrogen (secondary N) is 2. The molecular weight excluding hydrogens is 347 g/mol. The van der Waals surface area contributed by atoms with E-state index in [1.807, 2.05) is 17.0 Å². The molecule has 1 amide bonds. The van der Waals surface area contributed by atoms with Gasteiger partial charge in [-0.2, -0.15) is 0 Å². The molecule has 1 aliphatic rings. The maximum Gasteiger partial charge on any atom is 0.223 e. The van der Waals surface area contributed by atoms with Gasteiger partial charge in [0.05, 0.1) is 5.52 Å². The first-order chi connectivity index (χ1) is 13.1. The number of aromatic amines is 1. The molecule has 1 unspecified atom stereocenters. The lowest BCUT2D eigenvalue weighted by Gasteiger charge is -2.34. The summed E-state index contributed by atoms with van der Waals surface area (Å²) in [6, 6.07) is 11.9. The topological polar surface area (TPSA) is 81.2 Å². The number of aromatic nitrogens is 2. The van der Waals surface area contributed by atoms with Gasteiger partial charge in [0.15, 0.2) is 5.82 Å². The van der Waals surface area contributed by atoms with Gasteiger partial charge in [0.1, 0.15) is 17.1 Å². The maximum atomic E-state index is 13.7. The molecule has 1 fully saturated rings. The molecule has 1 saturated heterocycles. The smallest absolute Gasteiger partial charge is 0.223 e. The molecule has 3 N–H and O–H groups in total. The summed E-state index contributed by atoms with van der Waals surface area (Å²) in [6.45, 7) is 1.95. The van der Waals surface area contributed by atoms with Crippen LogP contribution in [-0.4, -0.2) is 45.5 Å². The minimum Gasteiger partial charge on any atom is -0.508 e. The van der Waals surface area contributed by atoms with E-state index >= 15 is 0 Å². The number of piperazine rings is 1. The Morgan fingerprint density at radius 1 is 1.26 bits per heavy atom. The lowest BCUT2D eigenvalue weighted by Crippen LogP contribution is -2.48. The molecule has 2 aromatic carbocycles. The summed E-state index contributed by atoms with van der Waals surface area (Å²) in [5.74, 6) is 0.541. The van der Waals surface area contributed by atoms with Crippen molar-refractivity contribution in [2.45, 2.75) is 18.9 Å². The fourth-order valence-corrected chi connectivity index (χ4v) is 3.46. The third-order valence-electron chi connectivity index (χ3n) is 4.91. The molecule has 3 aromatic rings. The number of phenols is 1. The minimum absolute atomic E-state index is 0.0450. The van der Waals surface area contributed by atoms with Crippen molar-refractivity contribution < 1.29 is 14.3 Å². The Morgan fingerprint density at radius 2 is 2.07 bits per heavy atom. The molecule has 140 valence electrons. The van der Waals surface area contributed by atoms with Gasteiger partial charge in [-0.05, 0) is 29.8 Å². The van der Waals surface area contributed by atoms with Crippen LogP contribution in [-0.2, 0) is 11.2 Å². The number of hydrogen-bond donors (Lipinski definition) is 3. The second-order valence-electron chi connectivity index (χ2n) is 6.76. The van der Waals surface area contributed by atoms with Crippen LogP contribution in [0.5, 0.6) is 5.75 Å². The van der Waals surface area contributed by atoms with Crippen LogP contribution in [0.15, 0.2) is 42.5 Å². The molecular formula is C20H21FN4O2. The summed E-state index contributed by atoms with van der Waals surface area (Å²) in [4.78, 5) is 21.8. The van der Waals surface area contributed by atoms with E-state index in [0.717, 1.165) is 5.56 Å². The van der Waals surface area contributed by atoms with Crippen molar-refractivity contribution in [1.82, 2.24) is 20.2 Å². The highest BCUT2D eigenvalue weighted by Crippen LogP contribution is 2.21. The highest BCUT2D eigenvalue weighted by Gasteiger charge is 2.24. The standard InChI is InChI=1S/C20H21FN4O2/c21-15-2-1-3-16-20(15)24-18(23-16)8-9-19(27)25-11-10-22-17(12-25)13-4-6-14(26)7-5-13/h1-7,17,22,26H,8-12H2,(H,23,24). The minimum atomic E-state index is -0.361. The molecule has 0 radical (unpaired) electrons. The van der Waals surface area contributed by atoms with Gasteiger partial charge in [-0.25, -0.2) is 9.37 Å². The van der Waals surface area contributed by atoms with Crippen LogP contribution in [0.3, 0.4) is 0 Å². The first-order valence-electron chi connectivity index (χ1n) is 9.03. The number of nitrogens with zero attached hydrogens (tertiary/aromatic N) is 2. The maximum absolute atomic E-state index is 13.7. The van der Waals surface area contributed by atoms with Gasteiger partial charge >= 0.3 is 0 Å². The predicted molar refractivity (Wildman–Crippen MR) is 99.8 cm³/mol. The number of para-hydroxylation sites is 1. The first-order valence-corrected chi connectivity index (χ1v) is 9.03. The summed E-state index contributed by atoms with van der Waals surface area (Å²) < 4.78 is 13.7. The number of fused-ring (bicyclic) bond motifs is 1. The summed E-state index contributed by atoms with van der Waals surface area (Å²) in [5.41, 5.74) is 2.00. The molecule has 0 saturated carbocycles. The van der Waals surface area contributed by atoms with Crippen molar-refractivity contribution in [3.8, 4) is 5.75 Å². The van der Waals surface area contributed by atoms with E-state index < -0.39 is 0 Å². The van der Waals surface area contributed by atoms with E-state index in [0.29, 0.717) is 49.3 Å². The Hall–Kier alpha value is -2.93. The number of hydrogen-bond acceptors (Lipinski definition) is 4. The molecule has 0 spiro atoms. The zero-order valence-electron chi connectivity index (χ0n) is 14.8. The van der Waals surface area contributed by atoms with Crippen LogP contribution in [0, 0.1) is 5.82 Å². The normalized spacial score (nSPS) is 17.4. The van der Waals surface area contributed by atoms with E-state index in [2.05, 4.69) is 15.3 Å². The van der Waals surface area contributed by atoms with Crippen molar-refractivity contribution in [2.75, 3.05) is 19.6 Å². The summed E-state index contributed by atoms with van der Waals surface area (Å²) in [6.07, 6.45) is 0.768. The monoisotopic (exact) mass is 368 g/mol. The number of carbonyl (C=O) groups excluding carboxylic acids is 1. The molecule has 0 aliphatic carbocycles. The average molecular weight is 368 g/mol. The molecule has 6 nitrogen and oxygen atoms in total. The Labute approximate surface area is 156 Å². The van der Waals surface area contributed by atoms with Crippen molar-refractivity contribution in [1.29, 1.82) is 0 Å². The van der Waals surface area contributed by atoms with Gasteiger partial charge in [-0.1, -0.05) is 18.2 Å². The molecule has 1 atom stereocenters. The molecule has 1 aromatic heterocycles. The fourth-order valence-electron chi connectivity index (χ4n) is 3.46. The SMILES string of the molecule is O=C(CCc1nc2c(F)cccc2[nH]1)N1CCNC(c2ccc(O)cc2)C1. The van der Waals surface area contributed by atoms with Gasteiger partial charge in [0.2, 0.25) is 5.91 Å². The molecule has 27 heavy (non-hydrogen) atoms. The lowest BCUT2D eigenvalue weighted by molar-refractivity contribution is -0.132. The Kier molecular flexibility index (Phi) is 4.77. The average Bonchev–Trinajstić information content (AvgIpc) is 3.11. The summed E-state index contributed by atoms with van der Waals surface area (Å²) in [5, 5.41) is 12.8. The highest BCUT2D eigenvalue weighted by atomic mass is 19.1. The van der Waals surface area contributed by atoms with Crippen LogP contribution in [0.4, 0.5) is 4.39 Å². The van der Waals surface area contributed by atoms with Crippen LogP contribution >= 0.6 is 0 Å². The van der Waals surface area contributed by atoms with Gasteiger partial charge in [-0.15, -0.1) is 0 Å². The van der Waals surface area contributed by atoms with Gasteiger partial charge in [0, 0.05) is 38.5 Å². The number of halogens is 1. The van der Waals surface area contributed by atoms with Crippen LogP contribution < -0.4 is 5.32 Å². The number of aromatic hydroxyl groups is 1. The molecule has 1 aliphatic heterocycles. The Bertz CT molecular complexity index is 954. The van der Waals surface area contributed by atoms with E-state index in [1.54, 1.807) is 24.3 Å². The van der Waals surface area contributed by atoms with Crippen LogP contribution in [0.2, 0.25) is 0 Å². The van der Waals surface area contributed by atoms with Crippen molar-refractivity contribution in [3.05, 3.63) is 59.7 Å². The second-order valence-corrected chi connectivity index (χ2v) is 6.76. The molecule has 7 heteroatoms. The molecule has 4 rings (SSSR count). The summed E-state index contributed by atoms with van der Waals surface area (Å²) in [7, 11) is 0. The van der Waals surface area contributed by atoms with Crippen molar-refractivity contribution in [2.24, 2.45) is 0 Å². The van der Waals surface area contributed by atoms with Gasteiger partial charge in [-0.3, -0.25) is 4.79 Å². The third-order valence-corrected chi connectivity index (χ3v) is 4.91. The number of carbonyl (C=O) groups is 1. The lowest BCUT2D eigenvalue weighted by atomic mass is 10.0. The van der Waals surface area contributed by atoms with Crippen LogP contribution in [0.1, 0.15) is 23.9 Å². The fraction of sp³-hybridized carbons (Fsp3) is 0.300. The zero-order valence-corrected chi connectivity index (χ0v) is 14.8. The Balaban J connectivity index is 1.38. The zero-order chi connectivity index (χ0) is 18.8. The number of amides is 1. The van der Waals surface area contributed by atoms with Crippen LogP contribution in [0.25, 0.3) is 11.0 Å². The van der Waals surface area contributed by atoms with E-state index in [1.165, 1.54) is 6.07 Å². The van der Waals surface area contributed by atoms with Gasteiger partial charge in [0.25, 0.3) is 0 Å². The number of H-pyrrole nitrogens is 1. The first kappa shape index (κ1) is 17.5. The number of imidazole rings is 1. The number of benzene rings is 2. The second kappa shape index (κ2) is 7.36. The number of aryl methyl sites for hydroxylation is 1.